The molecule has 0 fully saturated rings. The summed E-state index contributed by atoms with van der Waals surface area (Å²) in [5.74, 6) is 1.01. The standard InChI is InChI=1S/C23H26N2O3/c1-23(2,3)15-10-8-14(9-11-15)21-18-7-5-6-17(18)19-12-16(25(26)27)13-20(28-4)22(19)24-21/h5-6,8-13,17-18,21,24H,7H2,1-4H3/t17-,18-,21+/m0/s1. The number of benzene rings is 2. The van der Waals surface area contributed by atoms with E-state index in [1.165, 1.54) is 17.2 Å². The SMILES string of the molecule is COc1cc([N+](=O)[O-])cc2c1N[C@H](c1ccc(C(C)(C)C)cc1)[C@H]1CC=C[C@H]21. The Morgan fingerprint density at radius 1 is 1.18 bits per heavy atom. The maximum atomic E-state index is 11.4. The first-order chi connectivity index (χ1) is 13.3. The van der Waals surface area contributed by atoms with Crippen LogP contribution in [-0.2, 0) is 5.41 Å². The summed E-state index contributed by atoms with van der Waals surface area (Å²) in [5, 5.41) is 15.0. The first-order valence-corrected chi connectivity index (χ1v) is 9.69. The molecule has 5 heteroatoms. The molecule has 1 N–H and O–H groups in total. The average Bonchev–Trinajstić information content (AvgIpc) is 3.16. The van der Waals surface area contributed by atoms with Crippen molar-refractivity contribution in [2.24, 2.45) is 5.92 Å². The second-order valence-electron chi connectivity index (χ2n) is 8.72. The second-order valence-corrected chi connectivity index (χ2v) is 8.72. The zero-order chi connectivity index (χ0) is 20.1. The molecule has 2 aromatic carbocycles. The minimum Gasteiger partial charge on any atom is -0.494 e. The molecular weight excluding hydrogens is 352 g/mol. The molecule has 146 valence electrons. The van der Waals surface area contributed by atoms with Crippen LogP contribution in [0.4, 0.5) is 11.4 Å². The monoisotopic (exact) mass is 378 g/mol. The smallest absolute Gasteiger partial charge is 0.273 e. The Bertz CT molecular complexity index is 942. The topological polar surface area (TPSA) is 64.4 Å². The lowest BCUT2D eigenvalue weighted by atomic mass is 9.76. The van der Waals surface area contributed by atoms with Crippen molar-refractivity contribution in [2.45, 2.75) is 44.6 Å². The highest BCUT2D eigenvalue weighted by Crippen LogP contribution is 2.53. The normalized spacial score (nSPS) is 22.9. The van der Waals surface area contributed by atoms with Crippen LogP contribution >= 0.6 is 0 Å². The van der Waals surface area contributed by atoms with E-state index >= 15 is 0 Å². The molecule has 0 bridgehead atoms. The molecular formula is C23H26N2O3. The molecule has 1 heterocycles. The van der Waals surface area contributed by atoms with Gasteiger partial charge in [0.2, 0.25) is 0 Å². The Morgan fingerprint density at radius 3 is 2.50 bits per heavy atom. The van der Waals surface area contributed by atoms with Crippen LogP contribution in [0.5, 0.6) is 5.75 Å². The third-order valence-corrected chi connectivity index (χ3v) is 5.98. The summed E-state index contributed by atoms with van der Waals surface area (Å²) in [4.78, 5) is 11.0. The Kier molecular flexibility index (Phi) is 4.41. The number of nitrogens with zero attached hydrogens (tertiary/aromatic N) is 1. The van der Waals surface area contributed by atoms with Crippen LogP contribution < -0.4 is 10.1 Å². The molecule has 5 nitrogen and oxygen atoms in total. The number of hydrogen-bond acceptors (Lipinski definition) is 4. The van der Waals surface area contributed by atoms with Crippen molar-refractivity contribution in [2.75, 3.05) is 12.4 Å². The molecule has 4 rings (SSSR count). The average molecular weight is 378 g/mol. The predicted octanol–water partition coefficient (Wildman–Crippen LogP) is 5.73. The number of hydrogen-bond donors (Lipinski definition) is 1. The van der Waals surface area contributed by atoms with Gasteiger partial charge in [-0.25, -0.2) is 0 Å². The number of anilines is 1. The Balaban J connectivity index is 1.77. The summed E-state index contributed by atoms with van der Waals surface area (Å²) >= 11 is 0. The maximum Gasteiger partial charge on any atom is 0.273 e. The van der Waals surface area contributed by atoms with Crippen LogP contribution in [0.1, 0.15) is 55.8 Å². The van der Waals surface area contributed by atoms with E-state index in [2.05, 4.69) is 62.5 Å². The molecule has 0 radical (unpaired) electrons. The third-order valence-electron chi connectivity index (χ3n) is 5.98. The summed E-state index contributed by atoms with van der Waals surface area (Å²) in [5.41, 5.74) is 4.55. The number of methoxy groups -OCH3 is 1. The van der Waals surface area contributed by atoms with Gasteiger partial charge < -0.3 is 10.1 Å². The van der Waals surface area contributed by atoms with E-state index in [0.29, 0.717) is 11.7 Å². The Labute approximate surface area is 165 Å². The molecule has 1 aliphatic heterocycles. The van der Waals surface area contributed by atoms with E-state index in [1.807, 2.05) is 0 Å². The molecule has 3 atom stereocenters. The quantitative estimate of drug-likeness (QED) is 0.421. The molecule has 2 aliphatic rings. The Hall–Kier alpha value is -2.82. The molecule has 0 aromatic heterocycles. The lowest BCUT2D eigenvalue weighted by Gasteiger charge is -2.38. The van der Waals surface area contributed by atoms with Gasteiger partial charge in [-0.05, 0) is 34.4 Å². The van der Waals surface area contributed by atoms with E-state index in [9.17, 15) is 10.1 Å². The van der Waals surface area contributed by atoms with Crippen molar-refractivity contribution in [1.29, 1.82) is 0 Å². The number of nitro benzene ring substituents is 1. The number of non-ortho nitro benzene ring substituents is 1. The summed E-state index contributed by atoms with van der Waals surface area (Å²) in [7, 11) is 1.56. The van der Waals surface area contributed by atoms with E-state index in [0.717, 1.165) is 17.7 Å². The van der Waals surface area contributed by atoms with E-state index < -0.39 is 0 Å². The van der Waals surface area contributed by atoms with Crippen molar-refractivity contribution in [3.8, 4) is 5.75 Å². The predicted molar refractivity (Wildman–Crippen MR) is 111 cm³/mol. The van der Waals surface area contributed by atoms with Gasteiger partial charge in [0.05, 0.1) is 29.8 Å². The van der Waals surface area contributed by atoms with Crippen LogP contribution in [0, 0.1) is 16.0 Å². The Morgan fingerprint density at radius 2 is 1.89 bits per heavy atom. The fourth-order valence-corrected chi connectivity index (χ4v) is 4.44. The van der Waals surface area contributed by atoms with E-state index in [4.69, 9.17) is 4.74 Å². The second kappa shape index (κ2) is 6.66. The summed E-state index contributed by atoms with van der Waals surface area (Å²) in [6.45, 7) is 6.64. The zero-order valence-corrected chi connectivity index (χ0v) is 16.7. The van der Waals surface area contributed by atoms with Crippen LogP contribution in [0.3, 0.4) is 0 Å². The number of rotatable bonds is 3. The molecule has 0 amide bonds. The highest BCUT2D eigenvalue weighted by Gasteiger charge is 2.40. The van der Waals surface area contributed by atoms with Gasteiger partial charge in [0.15, 0.2) is 0 Å². The summed E-state index contributed by atoms with van der Waals surface area (Å²) in [6, 6.07) is 12.2. The minimum atomic E-state index is -0.353. The molecule has 0 saturated carbocycles. The van der Waals surface area contributed by atoms with Crippen LogP contribution in [0.2, 0.25) is 0 Å². The van der Waals surface area contributed by atoms with Crippen molar-refractivity contribution in [1.82, 2.24) is 0 Å². The van der Waals surface area contributed by atoms with Crippen molar-refractivity contribution < 1.29 is 9.66 Å². The first-order valence-electron chi connectivity index (χ1n) is 9.69. The number of fused-ring (bicyclic) bond motifs is 3. The molecule has 2 aromatic rings. The molecule has 28 heavy (non-hydrogen) atoms. The highest BCUT2D eigenvalue weighted by atomic mass is 16.6. The lowest BCUT2D eigenvalue weighted by Crippen LogP contribution is -2.29. The van der Waals surface area contributed by atoms with Gasteiger partial charge in [-0.2, -0.15) is 0 Å². The largest absolute Gasteiger partial charge is 0.494 e. The van der Waals surface area contributed by atoms with Crippen LogP contribution in [0.25, 0.3) is 0 Å². The van der Waals surface area contributed by atoms with Crippen molar-refractivity contribution in [3.63, 3.8) is 0 Å². The highest BCUT2D eigenvalue weighted by molar-refractivity contribution is 5.71. The fourth-order valence-electron chi connectivity index (χ4n) is 4.44. The van der Waals surface area contributed by atoms with Crippen molar-refractivity contribution in [3.05, 3.63) is 75.4 Å². The fraction of sp³-hybridized carbons (Fsp3) is 0.391. The van der Waals surface area contributed by atoms with Crippen molar-refractivity contribution >= 4 is 11.4 Å². The van der Waals surface area contributed by atoms with Gasteiger partial charge in [-0.3, -0.25) is 10.1 Å². The molecule has 0 spiro atoms. The zero-order valence-electron chi connectivity index (χ0n) is 16.7. The third kappa shape index (κ3) is 3.05. The van der Waals surface area contributed by atoms with Crippen LogP contribution in [0.15, 0.2) is 48.6 Å². The number of ether oxygens (including phenoxy) is 1. The summed E-state index contributed by atoms with van der Waals surface area (Å²) in [6.07, 6.45) is 5.33. The van der Waals surface area contributed by atoms with Gasteiger partial charge in [0.1, 0.15) is 5.75 Å². The van der Waals surface area contributed by atoms with Gasteiger partial charge in [0.25, 0.3) is 5.69 Å². The first kappa shape index (κ1) is 18.5. The van der Waals surface area contributed by atoms with E-state index in [1.54, 1.807) is 13.2 Å². The van der Waals surface area contributed by atoms with Gasteiger partial charge in [-0.1, -0.05) is 57.2 Å². The van der Waals surface area contributed by atoms with Crippen LogP contribution in [-0.4, -0.2) is 12.0 Å². The maximum absolute atomic E-state index is 11.4. The van der Waals surface area contributed by atoms with Gasteiger partial charge in [0, 0.05) is 12.0 Å². The molecule has 0 unspecified atom stereocenters. The lowest BCUT2D eigenvalue weighted by molar-refractivity contribution is -0.385. The minimum absolute atomic E-state index is 0.0735. The van der Waals surface area contributed by atoms with Gasteiger partial charge in [-0.15, -0.1) is 0 Å². The van der Waals surface area contributed by atoms with E-state index in [-0.39, 0.29) is 28.0 Å². The number of nitro groups is 1. The molecule has 0 saturated heterocycles. The number of nitrogens with one attached hydrogen (secondary N) is 1. The van der Waals surface area contributed by atoms with Gasteiger partial charge >= 0.3 is 0 Å². The summed E-state index contributed by atoms with van der Waals surface area (Å²) < 4.78 is 5.51. The molecule has 1 aliphatic carbocycles. The number of allylic oxidation sites excluding steroid dienone is 2.